The summed E-state index contributed by atoms with van der Waals surface area (Å²) in [5.41, 5.74) is 7.64. The maximum absolute atomic E-state index is 6.16. The summed E-state index contributed by atoms with van der Waals surface area (Å²) in [6.07, 6.45) is 6.45. The number of nitrogens with zero attached hydrogens (tertiary/aromatic N) is 5. The highest BCUT2D eigenvalue weighted by atomic mass is 16.5. The highest BCUT2D eigenvalue weighted by molar-refractivity contribution is 5.78. The van der Waals surface area contributed by atoms with Crippen molar-refractivity contribution in [1.82, 2.24) is 24.9 Å². The predicted molar refractivity (Wildman–Crippen MR) is 133 cm³/mol. The number of benzene rings is 1. The fraction of sp³-hybridized carbons (Fsp3) is 0.407. The van der Waals surface area contributed by atoms with Gasteiger partial charge in [-0.25, -0.2) is 19.9 Å². The second-order valence-electron chi connectivity index (χ2n) is 9.55. The molecule has 0 bridgehead atoms. The van der Waals surface area contributed by atoms with E-state index in [1.807, 2.05) is 20.0 Å². The van der Waals surface area contributed by atoms with Crippen LogP contribution in [0.5, 0.6) is 5.75 Å². The molecule has 2 aliphatic rings. The minimum absolute atomic E-state index is 0.641. The topological polar surface area (TPSA) is 79.8 Å². The molecule has 1 aliphatic heterocycles. The van der Waals surface area contributed by atoms with Gasteiger partial charge in [-0.2, -0.15) is 0 Å². The smallest absolute Gasteiger partial charge is 0.177 e. The Morgan fingerprint density at radius 3 is 2.91 bits per heavy atom. The number of hydrogen-bond acceptors (Lipinski definition) is 6. The van der Waals surface area contributed by atoms with E-state index in [4.69, 9.17) is 14.7 Å². The van der Waals surface area contributed by atoms with Crippen LogP contribution in [0.1, 0.15) is 48.2 Å². The molecule has 1 atom stereocenters. The lowest BCUT2D eigenvalue weighted by Crippen LogP contribution is -2.30. The van der Waals surface area contributed by atoms with Gasteiger partial charge in [0.1, 0.15) is 29.8 Å². The summed E-state index contributed by atoms with van der Waals surface area (Å²) in [5, 5.41) is 0. The van der Waals surface area contributed by atoms with Crippen molar-refractivity contribution in [2.75, 3.05) is 18.1 Å². The molecule has 0 saturated heterocycles. The molecule has 4 aromatic rings. The number of rotatable bonds is 3. The van der Waals surface area contributed by atoms with Crippen LogP contribution >= 0.6 is 0 Å². The van der Waals surface area contributed by atoms with Gasteiger partial charge < -0.3 is 14.6 Å². The zero-order valence-corrected chi connectivity index (χ0v) is 20.1. The Hall–Kier alpha value is -3.48. The number of aromatic amines is 1. The van der Waals surface area contributed by atoms with E-state index in [9.17, 15) is 0 Å². The minimum atomic E-state index is 0.641. The lowest BCUT2D eigenvalue weighted by molar-refractivity contribution is 0.331. The van der Waals surface area contributed by atoms with E-state index in [1.165, 1.54) is 29.7 Å². The molecule has 0 spiro atoms. The van der Waals surface area contributed by atoms with E-state index < -0.39 is 0 Å². The zero-order chi connectivity index (χ0) is 23.2. The van der Waals surface area contributed by atoms with Gasteiger partial charge in [-0.15, -0.1) is 0 Å². The predicted octanol–water partition coefficient (Wildman–Crippen LogP) is 4.95. The van der Waals surface area contributed by atoms with Gasteiger partial charge in [0.25, 0.3) is 0 Å². The third-order valence-electron chi connectivity index (χ3n) is 7.17. The van der Waals surface area contributed by atoms with Crippen molar-refractivity contribution in [2.24, 2.45) is 5.92 Å². The number of hydrogen-bond donors (Lipinski definition) is 1. The first-order valence-corrected chi connectivity index (χ1v) is 12.3. The third-order valence-corrected chi connectivity index (χ3v) is 7.17. The Labute approximate surface area is 199 Å². The van der Waals surface area contributed by atoms with Crippen molar-refractivity contribution in [3.8, 4) is 16.9 Å². The van der Waals surface area contributed by atoms with Gasteiger partial charge in [-0.05, 0) is 62.8 Å². The summed E-state index contributed by atoms with van der Waals surface area (Å²) in [5.74, 6) is 4.49. The number of nitrogens with one attached hydrogen (secondary N) is 1. The fourth-order valence-corrected chi connectivity index (χ4v) is 5.33. The third kappa shape index (κ3) is 3.79. The molecule has 174 valence electrons. The number of aromatic nitrogens is 5. The number of fused-ring (bicyclic) bond motifs is 3. The molecule has 3 aromatic heterocycles. The summed E-state index contributed by atoms with van der Waals surface area (Å²) >= 11 is 0. The van der Waals surface area contributed by atoms with Crippen LogP contribution in [-0.4, -0.2) is 38.1 Å². The first-order chi connectivity index (χ1) is 16.6. The standard InChI is InChI=1S/C27H30N6O/c1-4-18-5-7-23-22(11-18)27(32-17(3)29-23)33-9-10-34-25-8-6-19(12-21(25)15-33)20-13-24-26(28-14-20)31-16(2)30-24/h6,8,12-14,18H,4-5,7,9-11,15H2,1-3H3,(H,28,30,31). The Bertz CT molecular complexity index is 1380. The Morgan fingerprint density at radius 1 is 1.12 bits per heavy atom. The van der Waals surface area contributed by atoms with Gasteiger partial charge in [0, 0.05) is 35.1 Å². The summed E-state index contributed by atoms with van der Waals surface area (Å²) in [6.45, 7) is 8.47. The molecule has 0 fully saturated rings. The molecule has 6 rings (SSSR count). The van der Waals surface area contributed by atoms with Crippen molar-refractivity contribution in [1.29, 1.82) is 0 Å². The number of pyridine rings is 1. The average molecular weight is 455 g/mol. The van der Waals surface area contributed by atoms with Gasteiger partial charge in [-0.3, -0.25) is 0 Å². The maximum Gasteiger partial charge on any atom is 0.177 e. The average Bonchev–Trinajstić information content (AvgIpc) is 3.08. The van der Waals surface area contributed by atoms with Gasteiger partial charge >= 0.3 is 0 Å². The number of ether oxygens (including phenoxy) is 1. The van der Waals surface area contributed by atoms with E-state index >= 15 is 0 Å². The van der Waals surface area contributed by atoms with Crippen LogP contribution in [0.3, 0.4) is 0 Å². The maximum atomic E-state index is 6.16. The number of aryl methyl sites for hydroxylation is 3. The molecular formula is C27H30N6O. The molecule has 1 aliphatic carbocycles. The molecule has 0 amide bonds. The Balaban J connectivity index is 1.36. The summed E-state index contributed by atoms with van der Waals surface area (Å²) in [4.78, 5) is 24.4. The summed E-state index contributed by atoms with van der Waals surface area (Å²) in [7, 11) is 0. The summed E-state index contributed by atoms with van der Waals surface area (Å²) in [6, 6.07) is 8.55. The van der Waals surface area contributed by atoms with E-state index in [2.05, 4.69) is 51.0 Å². The lowest BCUT2D eigenvalue weighted by atomic mass is 9.85. The Kier molecular flexibility index (Phi) is 5.20. The normalized spacial score (nSPS) is 17.7. The summed E-state index contributed by atoms with van der Waals surface area (Å²) < 4.78 is 6.16. The second kappa shape index (κ2) is 8.38. The molecule has 0 radical (unpaired) electrons. The fourth-order valence-electron chi connectivity index (χ4n) is 5.33. The largest absolute Gasteiger partial charge is 0.491 e. The second-order valence-corrected chi connectivity index (χ2v) is 9.55. The first kappa shape index (κ1) is 21.1. The van der Waals surface area contributed by atoms with Crippen LogP contribution in [0, 0.1) is 19.8 Å². The monoisotopic (exact) mass is 454 g/mol. The molecular weight excluding hydrogens is 424 g/mol. The highest BCUT2D eigenvalue weighted by Gasteiger charge is 2.27. The van der Waals surface area contributed by atoms with E-state index in [-0.39, 0.29) is 0 Å². The molecule has 1 aromatic carbocycles. The van der Waals surface area contributed by atoms with E-state index in [0.717, 1.165) is 71.4 Å². The SMILES string of the molecule is CCC1CCc2nc(C)nc(N3CCOc4ccc(-c5cnc6nc(C)[nH]c6c5)cc4C3)c2C1. The lowest BCUT2D eigenvalue weighted by Gasteiger charge is -2.30. The van der Waals surface area contributed by atoms with Gasteiger partial charge in [0.05, 0.1) is 12.1 Å². The molecule has 1 N–H and O–H groups in total. The van der Waals surface area contributed by atoms with Gasteiger partial charge in [-0.1, -0.05) is 19.4 Å². The van der Waals surface area contributed by atoms with E-state index in [1.54, 1.807) is 0 Å². The Morgan fingerprint density at radius 2 is 2.03 bits per heavy atom. The first-order valence-electron chi connectivity index (χ1n) is 12.3. The number of H-pyrrole nitrogens is 1. The number of anilines is 1. The zero-order valence-electron chi connectivity index (χ0n) is 20.1. The van der Waals surface area contributed by atoms with Crippen molar-refractivity contribution >= 4 is 17.0 Å². The van der Waals surface area contributed by atoms with Crippen LogP contribution in [0.15, 0.2) is 30.5 Å². The molecule has 0 saturated carbocycles. The molecule has 7 heteroatoms. The van der Waals surface area contributed by atoms with Crippen molar-refractivity contribution in [3.63, 3.8) is 0 Å². The highest BCUT2D eigenvalue weighted by Crippen LogP contribution is 2.35. The molecule has 4 heterocycles. The quantitative estimate of drug-likeness (QED) is 0.472. The van der Waals surface area contributed by atoms with Crippen molar-refractivity contribution < 1.29 is 4.74 Å². The van der Waals surface area contributed by atoms with Crippen LogP contribution in [0.2, 0.25) is 0 Å². The van der Waals surface area contributed by atoms with Crippen LogP contribution in [0.4, 0.5) is 5.82 Å². The van der Waals surface area contributed by atoms with Crippen LogP contribution in [-0.2, 0) is 19.4 Å². The minimum Gasteiger partial charge on any atom is -0.491 e. The van der Waals surface area contributed by atoms with Crippen molar-refractivity contribution in [3.05, 3.63) is 58.9 Å². The van der Waals surface area contributed by atoms with Crippen LogP contribution in [0.25, 0.3) is 22.3 Å². The van der Waals surface area contributed by atoms with E-state index in [0.29, 0.717) is 12.5 Å². The van der Waals surface area contributed by atoms with Crippen molar-refractivity contribution in [2.45, 2.75) is 53.0 Å². The molecule has 1 unspecified atom stereocenters. The number of imidazole rings is 1. The van der Waals surface area contributed by atoms with Gasteiger partial charge in [0.2, 0.25) is 0 Å². The molecule has 7 nitrogen and oxygen atoms in total. The van der Waals surface area contributed by atoms with Gasteiger partial charge in [0.15, 0.2) is 5.65 Å². The van der Waals surface area contributed by atoms with Crippen LogP contribution < -0.4 is 9.64 Å². The molecule has 34 heavy (non-hydrogen) atoms.